The molecule has 46 heavy (non-hydrogen) atoms. The van der Waals surface area contributed by atoms with Crippen molar-refractivity contribution in [2.75, 3.05) is 26.4 Å². The van der Waals surface area contributed by atoms with Crippen molar-refractivity contribution in [2.45, 2.75) is 106 Å². The van der Waals surface area contributed by atoms with Crippen molar-refractivity contribution in [1.29, 1.82) is 0 Å². The molecule has 10 nitrogen and oxygen atoms in total. The van der Waals surface area contributed by atoms with E-state index in [9.17, 15) is 19.2 Å². The standard InChI is InChI=1S/C36H54N2O8/c1-9-43-31(39)29(32(40)44-10-2)23-17-25(21-35(5,6)19-23)37-27-15-13-14-16-28(27)38-26-18-24(20-36(7,8)22-26)30(33(41)45-11-3)34(42)46-12-4/h17-18,21-22,27-30,37-38H,9-16,19-20H2,1-8H3. The number of nitrogens with one attached hydrogen (secondary N) is 2. The SMILES string of the molecule is CCOC(=O)C(C(=O)OCC)C1=CC(NC2CCCCC2NC2=CC(C)(C)CC(C(C(=O)OCC)C(=O)OCC)=C2)=CC(C)(C)C1. The van der Waals surface area contributed by atoms with Gasteiger partial charge in [-0.25, -0.2) is 0 Å². The summed E-state index contributed by atoms with van der Waals surface area (Å²) in [5, 5.41) is 7.45. The van der Waals surface area contributed by atoms with Crippen LogP contribution in [0.2, 0.25) is 0 Å². The molecule has 3 aliphatic rings. The molecule has 1 fully saturated rings. The van der Waals surface area contributed by atoms with Crippen LogP contribution in [0.4, 0.5) is 0 Å². The number of carbonyl (C=O) groups is 4. The monoisotopic (exact) mass is 642 g/mol. The number of ether oxygens (including phenoxy) is 4. The Morgan fingerprint density at radius 1 is 0.630 bits per heavy atom. The van der Waals surface area contributed by atoms with Crippen molar-refractivity contribution in [2.24, 2.45) is 22.7 Å². The summed E-state index contributed by atoms with van der Waals surface area (Å²) in [5.74, 6) is -4.62. The van der Waals surface area contributed by atoms with E-state index in [0.717, 1.165) is 37.1 Å². The van der Waals surface area contributed by atoms with E-state index in [1.165, 1.54) is 0 Å². The van der Waals surface area contributed by atoms with Crippen LogP contribution in [0.3, 0.4) is 0 Å². The molecule has 3 aliphatic carbocycles. The second-order valence-electron chi connectivity index (χ2n) is 13.6. The number of rotatable bonds is 14. The van der Waals surface area contributed by atoms with Crippen LogP contribution in [-0.4, -0.2) is 62.4 Å². The van der Waals surface area contributed by atoms with Crippen LogP contribution in [0.15, 0.2) is 46.8 Å². The summed E-state index contributed by atoms with van der Waals surface area (Å²) < 4.78 is 21.1. The first kappa shape index (κ1) is 36.9. The van der Waals surface area contributed by atoms with E-state index in [0.29, 0.717) is 24.0 Å². The van der Waals surface area contributed by atoms with Crippen molar-refractivity contribution < 1.29 is 38.1 Å². The lowest BCUT2D eigenvalue weighted by Gasteiger charge is -2.38. The van der Waals surface area contributed by atoms with E-state index in [1.54, 1.807) is 27.7 Å². The summed E-state index contributed by atoms with van der Waals surface area (Å²) in [4.78, 5) is 51.8. The minimum absolute atomic E-state index is 0.0451. The van der Waals surface area contributed by atoms with E-state index < -0.39 is 35.7 Å². The highest BCUT2D eigenvalue weighted by molar-refractivity contribution is 5.99. The number of hydrogen-bond acceptors (Lipinski definition) is 10. The Morgan fingerprint density at radius 2 is 0.935 bits per heavy atom. The fourth-order valence-corrected chi connectivity index (χ4v) is 6.72. The van der Waals surface area contributed by atoms with Crippen molar-refractivity contribution in [3.05, 3.63) is 46.8 Å². The third kappa shape index (κ3) is 9.97. The van der Waals surface area contributed by atoms with Gasteiger partial charge in [0, 0.05) is 23.5 Å². The predicted molar refractivity (Wildman–Crippen MR) is 175 cm³/mol. The topological polar surface area (TPSA) is 129 Å². The quantitative estimate of drug-likeness (QED) is 0.144. The van der Waals surface area contributed by atoms with Crippen LogP contribution in [-0.2, 0) is 38.1 Å². The Hall–Kier alpha value is -3.56. The molecule has 0 heterocycles. The Morgan fingerprint density at radius 3 is 1.22 bits per heavy atom. The van der Waals surface area contributed by atoms with E-state index in [-0.39, 0.29) is 49.3 Å². The fraction of sp³-hybridized carbons (Fsp3) is 0.667. The first-order chi connectivity index (χ1) is 21.7. The molecule has 2 N–H and O–H groups in total. The fourth-order valence-electron chi connectivity index (χ4n) is 6.72. The first-order valence-electron chi connectivity index (χ1n) is 16.8. The van der Waals surface area contributed by atoms with Gasteiger partial charge in [0.1, 0.15) is 0 Å². The molecule has 1 saturated carbocycles. The molecule has 0 bridgehead atoms. The molecule has 0 aromatic carbocycles. The van der Waals surface area contributed by atoms with Crippen LogP contribution in [0.25, 0.3) is 0 Å². The Labute approximate surface area is 274 Å². The molecule has 2 atom stereocenters. The molecule has 3 rings (SSSR count). The minimum atomic E-state index is -1.12. The van der Waals surface area contributed by atoms with Crippen molar-refractivity contribution in [3.63, 3.8) is 0 Å². The van der Waals surface area contributed by atoms with Crippen LogP contribution < -0.4 is 10.6 Å². The van der Waals surface area contributed by atoms with Gasteiger partial charge in [0.25, 0.3) is 0 Å². The largest absolute Gasteiger partial charge is 0.465 e. The van der Waals surface area contributed by atoms with E-state index >= 15 is 0 Å². The molecule has 0 aromatic heterocycles. The van der Waals surface area contributed by atoms with Gasteiger partial charge >= 0.3 is 23.9 Å². The summed E-state index contributed by atoms with van der Waals surface area (Å²) in [7, 11) is 0. The van der Waals surface area contributed by atoms with Gasteiger partial charge < -0.3 is 29.6 Å². The summed E-state index contributed by atoms with van der Waals surface area (Å²) in [6, 6.07) is 0.0903. The first-order valence-corrected chi connectivity index (χ1v) is 16.8. The Kier molecular flexibility index (Phi) is 13.1. The van der Waals surface area contributed by atoms with Gasteiger partial charge in [-0.2, -0.15) is 0 Å². The van der Waals surface area contributed by atoms with Crippen molar-refractivity contribution >= 4 is 23.9 Å². The van der Waals surface area contributed by atoms with Crippen molar-refractivity contribution in [1.82, 2.24) is 10.6 Å². The molecule has 10 heteroatoms. The summed E-state index contributed by atoms with van der Waals surface area (Å²) in [5.41, 5.74) is 2.40. The van der Waals surface area contributed by atoms with Crippen LogP contribution in [0.1, 0.15) is 93.9 Å². The van der Waals surface area contributed by atoms with Gasteiger partial charge in [-0.1, -0.05) is 52.7 Å². The van der Waals surface area contributed by atoms with Gasteiger partial charge in [-0.3, -0.25) is 19.2 Å². The summed E-state index contributed by atoms with van der Waals surface area (Å²) >= 11 is 0. The lowest BCUT2D eigenvalue weighted by molar-refractivity contribution is -0.161. The smallest absolute Gasteiger partial charge is 0.324 e. The molecule has 0 aromatic rings. The van der Waals surface area contributed by atoms with E-state index in [1.807, 2.05) is 12.2 Å². The highest BCUT2D eigenvalue weighted by Crippen LogP contribution is 2.39. The molecule has 0 spiro atoms. The van der Waals surface area contributed by atoms with Crippen LogP contribution in [0, 0.1) is 22.7 Å². The van der Waals surface area contributed by atoms with Crippen molar-refractivity contribution in [3.8, 4) is 0 Å². The number of hydrogen-bond donors (Lipinski definition) is 2. The number of allylic oxidation sites excluding steroid dienone is 4. The molecular formula is C36H54N2O8. The Bertz CT molecular complexity index is 1130. The zero-order valence-corrected chi connectivity index (χ0v) is 29.0. The molecule has 2 unspecified atom stereocenters. The molecule has 0 saturated heterocycles. The van der Waals surface area contributed by atoms with Crippen LogP contribution >= 0.6 is 0 Å². The second-order valence-corrected chi connectivity index (χ2v) is 13.6. The maximum Gasteiger partial charge on any atom is 0.324 e. The van der Waals surface area contributed by atoms with Gasteiger partial charge in [-0.05, 0) is 87.5 Å². The normalized spacial score (nSPS) is 22.0. The van der Waals surface area contributed by atoms with Gasteiger partial charge in [-0.15, -0.1) is 0 Å². The molecule has 0 amide bonds. The molecular weight excluding hydrogens is 588 g/mol. The lowest BCUT2D eigenvalue weighted by atomic mass is 9.76. The van der Waals surface area contributed by atoms with Gasteiger partial charge in [0.2, 0.25) is 0 Å². The van der Waals surface area contributed by atoms with Gasteiger partial charge in [0.05, 0.1) is 26.4 Å². The lowest BCUT2D eigenvalue weighted by Crippen LogP contribution is -2.49. The maximum absolute atomic E-state index is 12.9. The van der Waals surface area contributed by atoms with E-state index in [2.05, 4.69) is 50.5 Å². The summed E-state index contributed by atoms with van der Waals surface area (Å²) in [6.07, 6.45) is 13.1. The highest BCUT2D eigenvalue weighted by Gasteiger charge is 2.40. The van der Waals surface area contributed by atoms with E-state index in [4.69, 9.17) is 18.9 Å². The zero-order chi connectivity index (χ0) is 34.1. The average Bonchev–Trinajstić information content (AvgIpc) is 2.93. The number of carbonyl (C=O) groups excluding carboxylic acids is 4. The third-order valence-corrected chi connectivity index (χ3v) is 8.39. The van der Waals surface area contributed by atoms with Crippen LogP contribution in [0.5, 0.6) is 0 Å². The average molecular weight is 643 g/mol. The number of esters is 4. The Balaban J connectivity index is 1.90. The maximum atomic E-state index is 12.9. The molecule has 0 radical (unpaired) electrons. The zero-order valence-electron chi connectivity index (χ0n) is 29.0. The highest BCUT2D eigenvalue weighted by atomic mass is 16.6. The third-order valence-electron chi connectivity index (χ3n) is 8.39. The minimum Gasteiger partial charge on any atom is -0.465 e. The van der Waals surface area contributed by atoms with Gasteiger partial charge in [0.15, 0.2) is 11.8 Å². The predicted octanol–water partition coefficient (Wildman–Crippen LogP) is 5.44. The summed E-state index contributed by atoms with van der Waals surface area (Å²) in [6.45, 7) is 15.9. The molecule has 256 valence electrons. The molecule has 0 aliphatic heterocycles. The second kappa shape index (κ2) is 16.3.